The van der Waals surface area contributed by atoms with E-state index >= 15 is 0 Å². The van der Waals surface area contributed by atoms with E-state index in [-0.39, 0.29) is 0 Å². The molecule has 4 nitrogen and oxygen atoms in total. The van der Waals surface area contributed by atoms with Gasteiger partial charge in [-0.2, -0.15) is 0 Å². The lowest BCUT2D eigenvalue weighted by Crippen LogP contribution is -1.97. The van der Waals surface area contributed by atoms with Crippen molar-refractivity contribution in [1.82, 2.24) is 9.97 Å². The van der Waals surface area contributed by atoms with Crippen molar-refractivity contribution in [2.75, 3.05) is 19.5 Å². The van der Waals surface area contributed by atoms with E-state index in [9.17, 15) is 0 Å². The van der Waals surface area contributed by atoms with E-state index in [1.54, 1.807) is 26.4 Å². The number of methoxy groups -OCH3 is 1. The van der Waals surface area contributed by atoms with Crippen molar-refractivity contribution in [2.45, 2.75) is 0 Å². The van der Waals surface area contributed by atoms with E-state index in [4.69, 9.17) is 16.3 Å². The molecule has 0 aliphatic heterocycles. The molecule has 0 unspecified atom stereocenters. The summed E-state index contributed by atoms with van der Waals surface area (Å²) in [5.74, 6) is 1.29. The summed E-state index contributed by atoms with van der Waals surface area (Å²) in [5, 5.41) is 3.49. The van der Waals surface area contributed by atoms with Crippen LogP contribution in [0.15, 0.2) is 30.5 Å². The predicted octanol–water partition coefficient (Wildman–Crippen LogP) is 2.85. The third kappa shape index (κ3) is 2.47. The summed E-state index contributed by atoms with van der Waals surface area (Å²) >= 11 is 6.18. The van der Waals surface area contributed by atoms with Gasteiger partial charge in [-0.25, -0.2) is 9.97 Å². The Balaban J connectivity index is 2.45. The molecule has 0 aliphatic rings. The van der Waals surface area contributed by atoms with E-state index in [2.05, 4.69) is 15.3 Å². The molecular weight excluding hydrogens is 238 g/mol. The van der Waals surface area contributed by atoms with Gasteiger partial charge in [-0.15, -0.1) is 0 Å². The van der Waals surface area contributed by atoms with Crippen LogP contribution in [-0.4, -0.2) is 24.1 Å². The number of hydrogen-bond acceptors (Lipinski definition) is 4. The van der Waals surface area contributed by atoms with Gasteiger partial charge in [-0.05, 0) is 24.3 Å². The number of ether oxygens (including phenoxy) is 1. The second-order valence-electron chi connectivity index (χ2n) is 3.36. The molecule has 0 atom stereocenters. The summed E-state index contributed by atoms with van der Waals surface area (Å²) in [7, 11) is 3.38. The first-order valence-corrected chi connectivity index (χ1v) is 5.47. The minimum atomic E-state index is 0.564. The highest BCUT2D eigenvalue weighted by atomic mass is 35.5. The summed E-state index contributed by atoms with van der Waals surface area (Å²) in [4.78, 5) is 8.39. The number of halogens is 1. The van der Waals surface area contributed by atoms with Crippen LogP contribution in [0.3, 0.4) is 0 Å². The van der Waals surface area contributed by atoms with Gasteiger partial charge in [0.2, 0.25) is 5.95 Å². The maximum absolute atomic E-state index is 6.18. The van der Waals surface area contributed by atoms with Crippen molar-refractivity contribution in [3.8, 4) is 17.0 Å². The Morgan fingerprint density at radius 2 is 2.12 bits per heavy atom. The van der Waals surface area contributed by atoms with Crippen LogP contribution in [0, 0.1) is 0 Å². The quantitative estimate of drug-likeness (QED) is 0.909. The Labute approximate surface area is 105 Å². The van der Waals surface area contributed by atoms with Crippen molar-refractivity contribution in [2.24, 2.45) is 0 Å². The molecule has 0 saturated carbocycles. The molecule has 0 fully saturated rings. The third-order valence-electron chi connectivity index (χ3n) is 2.33. The van der Waals surface area contributed by atoms with Crippen LogP contribution in [0.4, 0.5) is 5.95 Å². The molecule has 1 N–H and O–H groups in total. The number of benzene rings is 1. The predicted molar refractivity (Wildman–Crippen MR) is 68.6 cm³/mol. The number of hydrogen-bond donors (Lipinski definition) is 1. The molecule has 0 amide bonds. The topological polar surface area (TPSA) is 47.0 Å². The van der Waals surface area contributed by atoms with Gasteiger partial charge in [-0.1, -0.05) is 11.6 Å². The third-order valence-corrected chi connectivity index (χ3v) is 2.64. The van der Waals surface area contributed by atoms with Gasteiger partial charge in [-0.3, -0.25) is 0 Å². The molecule has 0 radical (unpaired) electrons. The largest absolute Gasteiger partial charge is 0.497 e. The molecule has 88 valence electrons. The van der Waals surface area contributed by atoms with Crippen molar-refractivity contribution < 1.29 is 4.74 Å². The average Bonchev–Trinajstić information content (AvgIpc) is 2.38. The molecule has 1 aromatic carbocycles. The van der Waals surface area contributed by atoms with Crippen LogP contribution in [0.1, 0.15) is 0 Å². The number of rotatable bonds is 3. The van der Waals surface area contributed by atoms with Gasteiger partial charge in [0.05, 0.1) is 17.8 Å². The molecule has 1 heterocycles. The molecular formula is C12H12ClN3O. The fraction of sp³-hybridized carbons (Fsp3) is 0.167. The van der Waals surface area contributed by atoms with Gasteiger partial charge in [0, 0.05) is 18.8 Å². The normalized spacial score (nSPS) is 10.1. The molecule has 2 aromatic rings. The van der Waals surface area contributed by atoms with Crippen LogP contribution >= 0.6 is 11.6 Å². The van der Waals surface area contributed by atoms with Gasteiger partial charge in [0.15, 0.2) is 0 Å². The van der Waals surface area contributed by atoms with Crippen molar-refractivity contribution >= 4 is 17.5 Å². The molecule has 0 saturated heterocycles. The minimum absolute atomic E-state index is 0.564. The maximum Gasteiger partial charge on any atom is 0.222 e. The Morgan fingerprint density at radius 3 is 2.76 bits per heavy atom. The SMILES string of the molecule is CNc1nccc(-c2ccc(OC)cc2Cl)n1. The Bertz CT molecular complexity index is 531. The lowest BCUT2D eigenvalue weighted by Gasteiger charge is -2.07. The zero-order valence-corrected chi connectivity index (χ0v) is 10.3. The second kappa shape index (κ2) is 5.01. The number of aromatic nitrogens is 2. The highest BCUT2D eigenvalue weighted by Crippen LogP contribution is 2.30. The molecule has 0 bridgehead atoms. The molecule has 0 aliphatic carbocycles. The highest BCUT2D eigenvalue weighted by Gasteiger charge is 2.07. The van der Waals surface area contributed by atoms with Crippen LogP contribution in [0.2, 0.25) is 5.02 Å². The molecule has 0 spiro atoms. The lowest BCUT2D eigenvalue weighted by atomic mass is 10.1. The van der Waals surface area contributed by atoms with Crippen molar-refractivity contribution in [3.05, 3.63) is 35.5 Å². The van der Waals surface area contributed by atoms with Crippen LogP contribution < -0.4 is 10.1 Å². The monoisotopic (exact) mass is 249 g/mol. The Hall–Kier alpha value is -1.81. The first-order valence-electron chi connectivity index (χ1n) is 5.09. The molecule has 17 heavy (non-hydrogen) atoms. The second-order valence-corrected chi connectivity index (χ2v) is 3.77. The molecule has 5 heteroatoms. The van der Waals surface area contributed by atoms with Crippen molar-refractivity contribution in [3.63, 3.8) is 0 Å². The maximum atomic E-state index is 6.18. The van der Waals surface area contributed by atoms with Crippen molar-refractivity contribution in [1.29, 1.82) is 0 Å². The standard InChI is InChI=1S/C12H12ClN3O/c1-14-12-15-6-5-11(16-12)9-4-3-8(17-2)7-10(9)13/h3-7H,1-2H3,(H,14,15,16). The fourth-order valence-corrected chi connectivity index (χ4v) is 1.73. The Kier molecular flexibility index (Phi) is 3.44. The summed E-state index contributed by atoms with van der Waals surface area (Å²) < 4.78 is 5.10. The van der Waals surface area contributed by atoms with E-state index in [1.807, 2.05) is 18.2 Å². The van der Waals surface area contributed by atoms with Crippen LogP contribution in [0.5, 0.6) is 5.75 Å². The van der Waals surface area contributed by atoms with E-state index < -0.39 is 0 Å². The Morgan fingerprint density at radius 1 is 1.29 bits per heavy atom. The van der Waals surface area contributed by atoms with E-state index in [0.29, 0.717) is 11.0 Å². The molecule has 2 rings (SSSR count). The van der Waals surface area contributed by atoms with Crippen LogP contribution in [-0.2, 0) is 0 Å². The van der Waals surface area contributed by atoms with E-state index in [0.717, 1.165) is 17.0 Å². The van der Waals surface area contributed by atoms with Gasteiger partial charge < -0.3 is 10.1 Å². The van der Waals surface area contributed by atoms with Gasteiger partial charge in [0.25, 0.3) is 0 Å². The first-order chi connectivity index (χ1) is 8.24. The average molecular weight is 250 g/mol. The summed E-state index contributed by atoms with van der Waals surface area (Å²) in [6.07, 6.45) is 1.69. The summed E-state index contributed by atoms with van der Waals surface area (Å²) in [6, 6.07) is 7.30. The molecule has 1 aromatic heterocycles. The number of nitrogens with one attached hydrogen (secondary N) is 1. The summed E-state index contributed by atoms with van der Waals surface area (Å²) in [5.41, 5.74) is 1.63. The minimum Gasteiger partial charge on any atom is -0.497 e. The van der Waals surface area contributed by atoms with Gasteiger partial charge >= 0.3 is 0 Å². The first kappa shape index (κ1) is 11.7. The van der Waals surface area contributed by atoms with Gasteiger partial charge in [0.1, 0.15) is 5.75 Å². The van der Waals surface area contributed by atoms with Crippen LogP contribution in [0.25, 0.3) is 11.3 Å². The van der Waals surface area contributed by atoms with E-state index in [1.165, 1.54) is 0 Å². The fourth-order valence-electron chi connectivity index (χ4n) is 1.46. The number of anilines is 1. The number of nitrogens with zero attached hydrogens (tertiary/aromatic N) is 2. The smallest absolute Gasteiger partial charge is 0.222 e. The highest BCUT2D eigenvalue weighted by molar-refractivity contribution is 6.33. The zero-order valence-electron chi connectivity index (χ0n) is 9.57. The summed E-state index contributed by atoms with van der Waals surface area (Å²) in [6.45, 7) is 0. The zero-order chi connectivity index (χ0) is 12.3. The lowest BCUT2D eigenvalue weighted by molar-refractivity contribution is 0.415.